The van der Waals surface area contributed by atoms with Gasteiger partial charge < -0.3 is 9.84 Å². The van der Waals surface area contributed by atoms with Gasteiger partial charge in [-0.3, -0.25) is 14.5 Å². The van der Waals surface area contributed by atoms with E-state index in [0.29, 0.717) is 29.2 Å². The van der Waals surface area contributed by atoms with Crippen molar-refractivity contribution in [2.75, 3.05) is 11.5 Å². The predicted molar refractivity (Wildman–Crippen MR) is 143 cm³/mol. The number of aryl methyl sites for hydroxylation is 2. The molecular formula is C31H33NO4. The highest BCUT2D eigenvalue weighted by Crippen LogP contribution is 2.43. The van der Waals surface area contributed by atoms with Gasteiger partial charge in [0.15, 0.2) is 0 Å². The van der Waals surface area contributed by atoms with Crippen LogP contribution in [-0.4, -0.2) is 23.4 Å². The Morgan fingerprint density at radius 1 is 0.972 bits per heavy atom. The topological polar surface area (TPSA) is 66.8 Å². The zero-order chi connectivity index (χ0) is 26.2. The van der Waals surface area contributed by atoms with Gasteiger partial charge >= 0.3 is 0 Å². The zero-order valence-corrected chi connectivity index (χ0v) is 21.8. The molecule has 1 unspecified atom stereocenters. The summed E-state index contributed by atoms with van der Waals surface area (Å²) in [6, 6.07) is 19.9. The first-order chi connectivity index (χ1) is 17.0. The van der Waals surface area contributed by atoms with Gasteiger partial charge in [0.25, 0.3) is 11.7 Å². The molecule has 0 radical (unpaired) electrons. The largest absolute Gasteiger partial charge is 0.507 e. The van der Waals surface area contributed by atoms with Crippen molar-refractivity contribution in [3.05, 3.63) is 100 Å². The van der Waals surface area contributed by atoms with Crippen LogP contribution in [0.25, 0.3) is 5.76 Å². The van der Waals surface area contributed by atoms with Gasteiger partial charge in [0.2, 0.25) is 0 Å². The maximum Gasteiger partial charge on any atom is 0.300 e. The Hall–Kier alpha value is -3.86. The third kappa shape index (κ3) is 4.66. The SMILES string of the molecule is CCOc1ccc(C2/C(=C(\O)c3cc(C(C)(C)C)ccc3C)C(=O)C(=O)N2c2cccc(C)c2)cc1. The number of ether oxygens (including phenoxy) is 1. The molecule has 1 N–H and O–H groups in total. The van der Waals surface area contributed by atoms with Crippen molar-refractivity contribution < 1.29 is 19.4 Å². The molecule has 0 bridgehead atoms. The molecule has 0 aliphatic carbocycles. The third-order valence-electron chi connectivity index (χ3n) is 6.59. The van der Waals surface area contributed by atoms with Gasteiger partial charge in [-0.05, 0) is 78.8 Å². The van der Waals surface area contributed by atoms with Crippen LogP contribution in [-0.2, 0) is 15.0 Å². The van der Waals surface area contributed by atoms with Gasteiger partial charge in [0.1, 0.15) is 11.5 Å². The maximum atomic E-state index is 13.5. The minimum atomic E-state index is -0.778. The molecule has 36 heavy (non-hydrogen) atoms. The first-order valence-corrected chi connectivity index (χ1v) is 12.2. The van der Waals surface area contributed by atoms with Crippen molar-refractivity contribution in [1.29, 1.82) is 0 Å². The summed E-state index contributed by atoms with van der Waals surface area (Å²) in [6.45, 7) is 12.6. The molecular weight excluding hydrogens is 450 g/mol. The molecule has 1 heterocycles. The summed E-state index contributed by atoms with van der Waals surface area (Å²) >= 11 is 0. The number of ketones is 1. The zero-order valence-electron chi connectivity index (χ0n) is 21.8. The van der Waals surface area contributed by atoms with Gasteiger partial charge in [-0.2, -0.15) is 0 Å². The van der Waals surface area contributed by atoms with Gasteiger partial charge in [-0.15, -0.1) is 0 Å². The number of nitrogens with zero attached hydrogens (tertiary/aromatic N) is 1. The van der Waals surface area contributed by atoms with Gasteiger partial charge in [0, 0.05) is 11.3 Å². The molecule has 0 saturated carbocycles. The molecule has 5 heteroatoms. The molecule has 1 aliphatic rings. The van der Waals surface area contributed by atoms with E-state index in [1.54, 1.807) is 0 Å². The van der Waals surface area contributed by atoms with Crippen LogP contribution in [0.15, 0.2) is 72.3 Å². The lowest BCUT2D eigenvalue weighted by Crippen LogP contribution is -2.29. The smallest absolute Gasteiger partial charge is 0.300 e. The number of aliphatic hydroxyl groups excluding tert-OH is 1. The van der Waals surface area contributed by atoms with Gasteiger partial charge in [0.05, 0.1) is 18.2 Å². The number of hydrogen-bond acceptors (Lipinski definition) is 4. The van der Waals surface area contributed by atoms with Crippen molar-refractivity contribution in [2.24, 2.45) is 0 Å². The van der Waals surface area contributed by atoms with Crippen molar-refractivity contribution in [1.82, 2.24) is 0 Å². The maximum absolute atomic E-state index is 13.5. The Balaban J connectivity index is 1.95. The van der Waals surface area contributed by atoms with E-state index in [1.165, 1.54) is 4.90 Å². The van der Waals surface area contributed by atoms with Crippen molar-refractivity contribution in [3.8, 4) is 5.75 Å². The highest BCUT2D eigenvalue weighted by molar-refractivity contribution is 6.51. The molecule has 1 atom stereocenters. The standard InChI is InChI=1S/C31H33NO4/c1-7-36-24-15-12-21(13-16-24)27-26(28(33)25-18-22(31(4,5)6)14-11-20(25)3)29(34)30(35)32(27)23-10-8-9-19(2)17-23/h8-18,27,33H,7H2,1-6H3/b28-26+. The molecule has 0 aromatic heterocycles. The number of benzene rings is 3. The second-order valence-electron chi connectivity index (χ2n) is 10.3. The molecule has 1 fully saturated rings. The van der Waals surface area contributed by atoms with Crippen LogP contribution < -0.4 is 9.64 Å². The number of hydrogen-bond donors (Lipinski definition) is 1. The molecule has 186 valence electrons. The highest BCUT2D eigenvalue weighted by Gasteiger charge is 2.47. The van der Waals surface area contributed by atoms with Crippen molar-refractivity contribution in [2.45, 2.75) is 53.0 Å². The molecule has 5 nitrogen and oxygen atoms in total. The van der Waals surface area contributed by atoms with E-state index < -0.39 is 17.7 Å². The summed E-state index contributed by atoms with van der Waals surface area (Å²) in [6.07, 6.45) is 0. The fourth-order valence-electron chi connectivity index (χ4n) is 4.59. The van der Waals surface area contributed by atoms with E-state index in [-0.39, 0.29) is 16.7 Å². The Kier molecular flexibility index (Phi) is 6.77. The van der Waals surface area contributed by atoms with E-state index in [0.717, 1.165) is 16.7 Å². The second-order valence-corrected chi connectivity index (χ2v) is 10.3. The average molecular weight is 484 g/mol. The summed E-state index contributed by atoms with van der Waals surface area (Å²) in [7, 11) is 0. The number of carbonyl (C=O) groups is 2. The molecule has 4 rings (SSSR count). The van der Waals surface area contributed by atoms with E-state index in [2.05, 4.69) is 20.8 Å². The van der Waals surface area contributed by atoms with E-state index in [4.69, 9.17) is 4.74 Å². The summed E-state index contributed by atoms with van der Waals surface area (Å²) < 4.78 is 5.59. The van der Waals surface area contributed by atoms with Crippen LogP contribution in [0.1, 0.15) is 61.6 Å². The third-order valence-corrected chi connectivity index (χ3v) is 6.59. The van der Waals surface area contributed by atoms with Gasteiger partial charge in [-0.25, -0.2) is 0 Å². The quantitative estimate of drug-likeness (QED) is 0.251. The number of rotatable bonds is 5. The summed E-state index contributed by atoms with van der Waals surface area (Å²) in [4.78, 5) is 28.4. The van der Waals surface area contributed by atoms with Crippen LogP contribution in [0.2, 0.25) is 0 Å². The first kappa shape index (κ1) is 25.2. The van der Waals surface area contributed by atoms with E-state index >= 15 is 0 Å². The van der Waals surface area contributed by atoms with Gasteiger partial charge in [-0.1, -0.05) is 57.2 Å². The molecule has 3 aromatic rings. The normalized spacial score (nSPS) is 17.5. The Morgan fingerprint density at radius 3 is 2.28 bits per heavy atom. The molecule has 1 amide bonds. The lowest BCUT2D eigenvalue weighted by molar-refractivity contribution is -0.132. The van der Waals surface area contributed by atoms with Crippen LogP contribution in [0.5, 0.6) is 5.75 Å². The summed E-state index contributed by atoms with van der Waals surface area (Å²) in [5, 5.41) is 11.6. The number of aliphatic hydroxyl groups is 1. The summed E-state index contributed by atoms with van der Waals surface area (Å²) in [5.41, 5.74) is 4.63. The second kappa shape index (κ2) is 9.65. The Bertz CT molecular complexity index is 1350. The average Bonchev–Trinajstić information content (AvgIpc) is 3.09. The minimum Gasteiger partial charge on any atom is -0.507 e. The Labute approximate surface area is 213 Å². The Morgan fingerprint density at radius 2 is 1.67 bits per heavy atom. The van der Waals surface area contributed by atoms with Crippen LogP contribution in [0.4, 0.5) is 5.69 Å². The first-order valence-electron chi connectivity index (χ1n) is 12.2. The lowest BCUT2D eigenvalue weighted by atomic mass is 9.84. The molecule has 0 spiro atoms. The number of carbonyl (C=O) groups excluding carboxylic acids is 2. The number of Topliss-reactive ketones (excluding diaryl/α,β-unsaturated/α-hetero) is 1. The monoisotopic (exact) mass is 483 g/mol. The van der Waals surface area contributed by atoms with Crippen LogP contribution in [0.3, 0.4) is 0 Å². The fraction of sp³-hybridized carbons (Fsp3) is 0.290. The van der Waals surface area contributed by atoms with Crippen molar-refractivity contribution in [3.63, 3.8) is 0 Å². The molecule has 3 aromatic carbocycles. The number of amides is 1. The molecule has 1 saturated heterocycles. The minimum absolute atomic E-state index is 0.0832. The lowest BCUT2D eigenvalue weighted by Gasteiger charge is -2.26. The van der Waals surface area contributed by atoms with E-state index in [1.807, 2.05) is 87.5 Å². The van der Waals surface area contributed by atoms with Crippen molar-refractivity contribution >= 4 is 23.1 Å². The number of anilines is 1. The highest BCUT2D eigenvalue weighted by atomic mass is 16.5. The van der Waals surface area contributed by atoms with Crippen LogP contribution in [0, 0.1) is 13.8 Å². The summed E-state index contributed by atoms with van der Waals surface area (Å²) in [5.74, 6) is -0.826. The van der Waals surface area contributed by atoms with Crippen LogP contribution >= 0.6 is 0 Å². The fourth-order valence-corrected chi connectivity index (χ4v) is 4.59. The molecule has 1 aliphatic heterocycles. The van der Waals surface area contributed by atoms with E-state index in [9.17, 15) is 14.7 Å². The predicted octanol–water partition coefficient (Wildman–Crippen LogP) is 6.63.